The third kappa shape index (κ3) is 62.7. The van der Waals surface area contributed by atoms with E-state index < -0.39 is 57.8 Å². The standard InChI is InChI=1S/C70H135O11P/c1-4-7-10-13-16-19-22-25-28-31-33-36-38-41-44-47-50-53-56-59-68(72)77-63-67(81-70(74)61-58-55-52-49-46-43-40-37-34-32-29-26-23-20-17-14-11-8-5-2)65-79-82(75,76)78-64-66(62-71)80-69(73)60-57-54-51-48-45-42-39-35-30-27-24-21-18-15-12-9-6-3/h26,29,66-67,71H,4-25,27-28,30-65H2,1-3H3,(H,75,76)/b29-26-. The van der Waals surface area contributed by atoms with Crippen LogP contribution in [0.25, 0.3) is 0 Å². The van der Waals surface area contributed by atoms with Crippen LogP contribution in [-0.2, 0) is 42.2 Å². The van der Waals surface area contributed by atoms with E-state index in [1.807, 2.05) is 0 Å². The predicted octanol–water partition coefficient (Wildman–Crippen LogP) is 21.9. The second-order valence-corrected chi connectivity index (χ2v) is 25.9. The largest absolute Gasteiger partial charge is 0.472 e. The number of carbonyl (C=O) groups is 3. The number of aliphatic hydroxyl groups is 1. The zero-order valence-electron chi connectivity index (χ0n) is 54.3. The average molecular weight is 1180 g/mol. The van der Waals surface area contributed by atoms with Gasteiger partial charge in [0.15, 0.2) is 6.10 Å². The summed E-state index contributed by atoms with van der Waals surface area (Å²) in [5.41, 5.74) is 0. The van der Waals surface area contributed by atoms with E-state index in [2.05, 4.69) is 32.9 Å². The first-order chi connectivity index (χ1) is 40.2. The molecular weight excluding hydrogens is 1050 g/mol. The van der Waals surface area contributed by atoms with E-state index in [9.17, 15) is 28.9 Å². The number of unbranched alkanes of at least 4 members (excludes halogenated alkanes) is 49. The highest BCUT2D eigenvalue weighted by atomic mass is 31.2. The number of phosphoric ester groups is 1. The first-order valence-electron chi connectivity index (χ1n) is 35.6. The van der Waals surface area contributed by atoms with Crippen molar-refractivity contribution < 1.29 is 52.2 Å². The van der Waals surface area contributed by atoms with Crippen LogP contribution in [0.3, 0.4) is 0 Å². The molecule has 0 aliphatic carbocycles. The monoisotopic (exact) mass is 1180 g/mol. The van der Waals surface area contributed by atoms with Crippen molar-refractivity contribution in [1.29, 1.82) is 0 Å². The van der Waals surface area contributed by atoms with Crippen LogP contribution in [0.2, 0.25) is 0 Å². The van der Waals surface area contributed by atoms with Gasteiger partial charge in [-0.1, -0.05) is 328 Å². The first-order valence-corrected chi connectivity index (χ1v) is 37.1. The highest BCUT2D eigenvalue weighted by Gasteiger charge is 2.28. The number of allylic oxidation sites excluding steroid dienone is 2. The van der Waals surface area contributed by atoms with Gasteiger partial charge in [-0.3, -0.25) is 23.4 Å². The van der Waals surface area contributed by atoms with Crippen molar-refractivity contribution in [3.05, 3.63) is 12.2 Å². The second-order valence-electron chi connectivity index (χ2n) is 24.4. The second kappa shape index (κ2) is 65.2. The number of ether oxygens (including phenoxy) is 3. The zero-order valence-corrected chi connectivity index (χ0v) is 55.1. The van der Waals surface area contributed by atoms with Gasteiger partial charge in [-0.25, -0.2) is 4.57 Å². The number of esters is 3. The van der Waals surface area contributed by atoms with Gasteiger partial charge in [-0.2, -0.15) is 0 Å². The van der Waals surface area contributed by atoms with Crippen LogP contribution in [0, 0.1) is 0 Å². The van der Waals surface area contributed by atoms with Gasteiger partial charge in [-0.15, -0.1) is 0 Å². The van der Waals surface area contributed by atoms with Crippen molar-refractivity contribution >= 4 is 25.7 Å². The summed E-state index contributed by atoms with van der Waals surface area (Å²) in [6.45, 7) is 4.76. The Labute approximate surface area is 506 Å². The highest BCUT2D eigenvalue weighted by Crippen LogP contribution is 2.43. The lowest BCUT2D eigenvalue weighted by molar-refractivity contribution is -0.161. The minimum atomic E-state index is -4.75. The Morgan fingerprint density at radius 1 is 0.329 bits per heavy atom. The van der Waals surface area contributed by atoms with Crippen LogP contribution < -0.4 is 0 Å². The van der Waals surface area contributed by atoms with E-state index in [1.54, 1.807) is 0 Å². The quantitative estimate of drug-likeness (QED) is 0.0197. The third-order valence-corrected chi connectivity index (χ3v) is 17.1. The molecule has 0 amide bonds. The zero-order chi connectivity index (χ0) is 59.8. The number of carbonyl (C=O) groups excluding carboxylic acids is 3. The molecule has 0 radical (unpaired) electrons. The molecule has 0 saturated heterocycles. The number of hydrogen-bond donors (Lipinski definition) is 2. The fourth-order valence-corrected chi connectivity index (χ4v) is 11.6. The van der Waals surface area contributed by atoms with Crippen LogP contribution in [0.1, 0.15) is 380 Å². The molecule has 0 aromatic heterocycles. The summed E-state index contributed by atoms with van der Waals surface area (Å²) < 4.78 is 39.9. The topological polar surface area (TPSA) is 155 Å². The van der Waals surface area contributed by atoms with Gasteiger partial charge >= 0.3 is 25.7 Å². The van der Waals surface area contributed by atoms with Crippen molar-refractivity contribution in [3.63, 3.8) is 0 Å². The smallest absolute Gasteiger partial charge is 0.462 e. The Morgan fingerprint density at radius 3 is 0.841 bits per heavy atom. The molecule has 0 fully saturated rings. The predicted molar refractivity (Wildman–Crippen MR) is 344 cm³/mol. The lowest BCUT2D eigenvalue weighted by atomic mass is 10.0. The molecule has 0 saturated carbocycles. The van der Waals surface area contributed by atoms with Crippen LogP contribution in [0.15, 0.2) is 12.2 Å². The van der Waals surface area contributed by atoms with Gasteiger partial charge in [0, 0.05) is 19.3 Å². The molecule has 0 bridgehead atoms. The Balaban J connectivity index is 4.61. The lowest BCUT2D eigenvalue weighted by Gasteiger charge is -2.21. The van der Waals surface area contributed by atoms with Gasteiger partial charge in [-0.05, 0) is 44.9 Å². The first kappa shape index (κ1) is 80.2. The lowest BCUT2D eigenvalue weighted by Crippen LogP contribution is -2.30. The Morgan fingerprint density at radius 2 is 0.561 bits per heavy atom. The number of phosphoric acid groups is 1. The van der Waals surface area contributed by atoms with E-state index in [-0.39, 0.29) is 25.9 Å². The fraction of sp³-hybridized carbons (Fsp3) is 0.929. The molecule has 3 atom stereocenters. The van der Waals surface area contributed by atoms with E-state index in [4.69, 9.17) is 23.3 Å². The molecule has 0 aromatic rings. The number of hydrogen-bond acceptors (Lipinski definition) is 10. The average Bonchev–Trinajstić information content (AvgIpc) is 3.50. The number of aliphatic hydroxyl groups excluding tert-OH is 1. The van der Waals surface area contributed by atoms with E-state index >= 15 is 0 Å². The summed E-state index contributed by atoms with van der Waals surface area (Å²) in [6.07, 6.45) is 68.7. The van der Waals surface area contributed by atoms with Gasteiger partial charge in [0.2, 0.25) is 0 Å². The van der Waals surface area contributed by atoms with Gasteiger partial charge in [0.05, 0.1) is 19.8 Å². The highest BCUT2D eigenvalue weighted by molar-refractivity contribution is 7.47. The molecule has 82 heavy (non-hydrogen) atoms. The Kier molecular flexibility index (Phi) is 63.8. The molecule has 0 aromatic carbocycles. The molecule has 0 aliphatic heterocycles. The van der Waals surface area contributed by atoms with Gasteiger partial charge in [0.25, 0.3) is 0 Å². The van der Waals surface area contributed by atoms with Crippen LogP contribution in [-0.4, -0.2) is 66.5 Å². The SMILES string of the molecule is CCCCCCCC/C=C\CCCCCCCCCCCC(=O)OC(COC(=O)CCCCCCCCCCCCCCCCCCCCC)COP(=O)(O)OCC(CO)OC(=O)CCCCCCCCCCCCCCCCCCC. The summed E-state index contributed by atoms with van der Waals surface area (Å²) in [5.74, 6) is -1.42. The molecular formula is C70H135O11P. The Hall–Kier alpha value is -1.78. The summed E-state index contributed by atoms with van der Waals surface area (Å²) in [4.78, 5) is 48.9. The summed E-state index contributed by atoms with van der Waals surface area (Å²) >= 11 is 0. The molecule has 0 heterocycles. The summed E-state index contributed by atoms with van der Waals surface area (Å²) in [6, 6.07) is 0. The number of rotatable bonds is 68. The van der Waals surface area contributed by atoms with Gasteiger partial charge < -0.3 is 24.2 Å². The molecule has 3 unspecified atom stereocenters. The summed E-state index contributed by atoms with van der Waals surface area (Å²) in [5, 5.41) is 9.88. The van der Waals surface area contributed by atoms with Crippen molar-refractivity contribution in [1.82, 2.24) is 0 Å². The van der Waals surface area contributed by atoms with Crippen molar-refractivity contribution in [2.45, 2.75) is 393 Å². The fourth-order valence-electron chi connectivity index (χ4n) is 10.8. The molecule has 0 spiro atoms. The van der Waals surface area contributed by atoms with Crippen LogP contribution in [0.4, 0.5) is 0 Å². The van der Waals surface area contributed by atoms with Crippen LogP contribution >= 0.6 is 7.82 Å². The third-order valence-electron chi connectivity index (χ3n) is 16.2. The normalized spacial score (nSPS) is 13.2. The molecule has 0 rings (SSSR count). The van der Waals surface area contributed by atoms with E-state index in [0.29, 0.717) is 19.3 Å². The molecule has 11 nitrogen and oxygen atoms in total. The molecule has 486 valence electrons. The Bertz CT molecular complexity index is 1430. The van der Waals surface area contributed by atoms with Gasteiger partial charge in [0.1, 0.15) is 12.7 Å². The summed E-state index contributed by atoms with van der Waals surface area (Å²) in [7, 11) is -4.75. The molecule has 0 aliphatic rings. The van der Waals surface area contributed by atoms with E-state index in [1.165, 1.54) is 263 Å². The van der Waals surface area contributed by atoms with Crippen molar-refractivity contribution in [2.24, 2.45) is 0 Å². The molecule has 12 heteroatoms. The maximum Gasteiger partial charge on any atom is 0.472 e. The maximum absolute atomic E-state index is 13.0. The maximum atomic E-state index is 13.0. The van der Waals surface area contributed by atoms with Crippen LogP contribution in [0.5, 0.6) is 0 Å². The molecule has 2 N–H and O–H groups in total. The van der Waals surface area contributed by atoms with Crippen molar-refractivity contribution in [3.8, 4) is 0 Å². The van der Waals surface area contributed by atoms with E-state index in [0.717, 1.165) is 57.8 Å². The minimum Gasteiger partial charge on any atom is -0.462 e. The van der Waals surface area contributed by atoms with Crippen molar-refractivity contribution in [2.75, 3.05) is 26.4 Å². The minimum absolute atomic E-state index is 0.173.